The maximum absolute atomic E-state index is 5.55. The Bertz CT molecular complexity index is 3580. The summed E-state index contributed by atoms with van der Waals surface area (Å²) in [4.78, 5) is 26.0. The first-order valence-corrected chi connectivity index (χ1v) is 22.7. The third-order valence-corrected chi connectivity index (χ3v) is 13.4. The van der Waals surface area contributed by atoms with E-state index in [-0.39, 0.29) is 0 Å². The van der Waals surface area contributed by atoms with Crippen molar-refractivity contribution in [3.8, 4) is 101 Å². The second kappa shape index (κ2) is 15.7. The fourth-order valence-electron chi connectivity index (χ4n) is 10.4. The molecule has 5 heteroatoms. The number of rotatable bonds is 7. The van der Waals surface area contributed by atoms with Crippen LogP contribution in [0.5, 0.6) is 0 Å². The van der Waals surface area contributed by atoms with Crippen LogP contribution in [0.25, 0.3) is 101 Å². The Morgan fingerprint density at radius 3 is 1.13 bits per heavy atom. The van der Waals surface area contributed by atoms with Gasteiger partial charge in [-0.1, -0.05) is 218 Å². The van der Waals surface area contributed by atoms with Crippen LogP contribution in [-0.4, -0.2) is 24.9 Å². The number of hydrogen-bond acceptors (Lipinski definition) is 5. The van der Waals surface area contributed by atoms with E-state index in [9.17, 15) is 0 Å². The number of benzene rings is 9. The second-order valence-corrected chi connectivity index (χ2v) is 17.1. The molecule has 0 saturated heterocycles. The molecule has 0 saturated carbocycles. The summed E-state index contributed by atoms with van der Waals surface area (Å²) in [6, 6.07) is 83.3. The van der Waals surface area contributed by atoms with Gasteiger partial charge in [-0.3, -0.25) is 0 Å². The molecule has 0 bridgehead atoms. The zero-order valence-corrected chi connectivity index (χ0v) is 36.3. The first-order chi connectivity index (χ1) is 33.2. The van der Waals surface area contributed by atoms with Crippen molar-refractivity contribution < 1.29 is 0 Å². The van der Waals surface area contributed by atoms with Crippen molar-refractivity contribution in [1.29, 1.82) is 0 Å². The van der Waals surface area contributed by atoms with Gasteiger partial charge in [-0.2, -0.15) is 0 Å². The molecule has 1 spiro atoms. The highest BCUT2D eigenvalue weighted by Gasteiger charge is 2.52. The maximum Gasteiger partial charge on any atom is 0.164 e. The standard InChI is InChI=1S/C62H39N5/c1-4-19-40(20-5-1)55-39-56(45-27-16-25-43(37-45)44-26-17-28-46(38-44)60-66-58(41-21-6-2-7-22-41)65-59(67-60)42-23-8-3-9-24-42)64-61(63-55)51-33-18-32-50-49-31-12-15-36-54(49)62(57(50)51)52-34-13-10-29-47(52)48-30-11-14-35-53(48)62/h1-39H. The third-order valence-electron chi connectivity index (χ3n) is 13.4. The number of aromatic nitrogens is 5. The molecule has 13 rings (SSSR count). The van der Waals surface area contributed by atoms with Gasteiger partial charge >= 0.3 is 0 Å². The summed E-state index contributed by atoms with van der Waals surface area (Å²) in [5, 5.41) is 0. The molecule has 0 radical (unpaired) electrons. The SMILES string of the molecule is c1ccc(-c2cc(-c3cccc(-c4cccc(-c5nc(-c6ccccc6)nc(-c6ccccc6)n5)c4)c3)nc(-c3cccc4c3C3(c5ccccc5-c5ccccc53)c3ccccc3-4)n2)cc1. The van der Waals surface area contributed by atoms with Crippen molar-refractivity contribution in [2.75, 3.05) is 0 Å². The Morgan fingerprint density at radius 2 is 0.582 bits per heavy atom. The van der Waals surface area contributed by atoms with E-state index in [1.165, 1.54) is 44.5 Å². The Morgan fingerprint density at radius 1 is 0.224 bits per heavy atom. The van der Waals surface area contributed by atoms with Gasteiger partial charge in [-0.15, -0.1) is 0 Å². The lowest BCUT2D eigenvalue weighted by Crippen LogP contribution is -2.26. The average molecular weight is 854 g/mol. The van der Waals surface area contributed by atoms with E-state index in [0.717, 1.165) is 55.9 Å². The fourth-order valence-corrected chi connectivity index (χ4v) is 10.4. The van der Waals surface area contributed by atoms with Gasteiger partial charge < -0.3 is 0 Å². The molecule has 0 amide bonds. The van der Waals surface area contributed by atoms with E-state index < -0.39 is 5.41 Å². The summed E-state index contributed by atoms with van der Waals surface area (Å²) in [6.45, 7) is 0. The Hall–Kier alpha value is -8.93. The molecule has 0 unspecified atom stereocenters. The first-order valence-electron chi connectivity index (χ1n) is 22.7. The van der Waals surface area contributed by atoms with Crippen LogP contribution in [0, 0.1) is 0 Å². The second-order valence-electron chi connectivity index (χ2n) is 17.1. The summed E-state index contributed by atoms with van der Waals surface area (Å²) in [5.74, 6) is 2.56. The normalized spacial score (nSPS) is 12.6. The van der Waals surface area contributed by atoms with Gasteiger partial charge in [0.1, 0.15) is 0 Å². The Kier molecular flexibility index (Phi) is 9.00. The minimum absolute atomic E-state index is 0.546. The van der Waals surface area contributed by atoms with Gasteiger partial charge in [0, 0.05) is 33.4 Å². The lowest BCUT2D eigenvalue weighted by atomic mass is 9.69. The van der Waals surface area contributed by atoms with Crippen LogP contribution in [0.2, 0.25) is 0 Å². The van der Waals surface area contributed by atoms with E-state index >= 15 is 0 Å². The zero-order valence-electron chi connectivity index (χ0n) is 36.3. The quantitative estimate of drug-likeness (QED) is 0.160. The molecular weight excluding hydrogens is 815 g/mol. The molecule has 0 atom stereocenters. The van der Waals surface area contributed by atoms with Gasteiger partial charge in [-0.25, -0.2) is 24.9 Å². The largest absolute Gasteiger partial charge is 0.228 e. The lowest BCUT2D eigenvalue weighted by Gasteiger charge is -2.32. The zero-order chi connectivity index (χ0) is 44.3. The van der Waals surface area contributed by atoms with E-state index in [1.807, 2.05) is 66.7 Å². The smallest absolute Gasteiger partial charge is 0.164 e. The Labute approximate surface area is 388 Å². The third kappa shape index (κ3) is 6.28. The lowest BCUT2D eigenvalue weighted by molar-refractivity contribution is 0.794. The van der Waals surface area contributed by atoms with Crippen molar-refractivity contribution in [3.63, 3.8) is 0 Å². The summed E-state index contributed by atoms with van der Waals surface area (Å²) in [5.41, 5.74) is 19.1. The molecule has 2 aliphatic rings. The van der Waals surface area contributed by atoms with Crippen LogP contribution < -0.4 is 0 Å². The molecule has 2 heterocycles. The van der Waals surface area contributed by atoms with E-state index in [1.54, 1.807) is 0 Å². The highest BCUT2D eigenvalue weighted by Crippen LogP contribution is 2.64. The summed E-state index contributed by atoms with van der Waals surface area (Å²) in [7, 11) is 0. The van der Waals surface area contributed by atoms with Gasteiger partial charge in [0.2, 0.25) is 0 Å². The Balaban J connectivity index is 0.967. The molecule has 67 heavy (non-hydrogen) atoms. The number of hydrogen-bond donors (Lipinski definition) is 0. The van der Waals surface area contributed by atoms with Gasteiger partial charge in [-0.05, 0) is 73.8 Å². The van der Waals surface area contributed by atoms with Crippen molar-refractivity contribution in [2.24, 2.45) is 0 Å². The summed E-state index contributed by atoms with van der Waals surface area (Å²) < 4.78 is 0. The van der Waals surface area contributed by atoms with Crippen LogP contribution >= 0.6 is 0 Å². The van der Waals surface area contributed by atoms with Gasteiger partial charge in [0.25, 0.3) is 0 Å². The fraction of sp³-hybridized carbons (Fsp3) is 0.0161. The number of nitrogens with zero attached hydrogens (tertiary/aromatic N) is 5. The molecule has 0 aliphatic heterocycles. The molecular formula is C62H39N5. The molecule has 9 aromatic carbocycles. The van der Waals surface area contributed by atoms with Gasteiger partial charge in [0.15, 0.2) is 23.3 Å². The maximum atomic E-state index is 5.55. The molecule has 2 aromatic heterocycles. The number of fused-ring (bicyclic) bond motifs is 10. The summed E-state index contributed by atoms with van der Waals surface area (Å²) >= 11 is 0. The molecule has 5 nitrogen and oxygen atoms in total. The van der Waals surface area contributed by atoms with Crippen molar-refractivity contribution >= 4 is 0 Å². The first kappa shape index (κ1) is 38.5. The van der Waals surface area contributed by atoms with Crippen LogP contribution in [0.3, 0.4) is 0 Å². The molecule has 312 valence electrons. The minimum atomic E-state index is -0.546. The minimum Gasteiger partial charge on any atom is -0.228 e. The molecule has 2 aliphatic carbocycles. The van der Waals surface area contributed by atoms with Crippen LogP contribution in [0.4, 0.5) is 0 Å². The molecule has 0 N–H and O–H groups in total. The van der Waals surface area contributed by atoms with Crippen molar-refractivity contribution in [3.05, 3.63) is 259 Å². The van der Waals surface area contributed by atoms with Crippen molar-refractivity contribution in [1.82, 2.24) is 24.9 Å². The van der Waals surface area contributed by atoms with Crippen molar-refractivity contribution in [2.45, 2.75) is 5.41 Å². The van der Waals surface area contributed by atoms with E-state index in [0.29, 0.717) is 23.3 Å². The molecule has 0 fully saturated rings. The highest BCUT2D eigenvalue weighted by atomic mass is 15.0. The summed E-state index contributed by atoms with van der Waals surface area (Å²) in [6.07, 6.45) is 0. The predicted octanol–water partition coefficient (Wildman–Crippen LogP) is 14.7. The predicted molar refractivity (Wildman–Crippen MR) is 270 cm³/mol. The average Bonchev–Trinajstić information content (AvgIpc) is 3.89. The van der Waals surface area contributed by atoms with Crippen LogP contribution in [0.15, 0.2) is 237 Å². The monoisotopic (exact) mass is 853 g/mol. The van der Waals surface area contributed by atoms with Crippen LogP contribution in [0.1, 0.15) is 22.3 Å². The van der Waals surface area contributed by atoms with E-state index in [2.05, 4.69) is 170 Å². The topological polar surface area (TPSA) is 64.5 Å². The molecule has 11 aromatic rings. The van der Waals surface area contributed by atoms with Crippen LogP contribution in [-0.2, 0) is 5.41 Å². The highest BCUT2D eigenvalue weighted by molar-refractivity contribution is 5.98. The van der Waals surface area contributed by atoms with E-state index in [4.69, 9.17) is 24.9 Å². The van der Waals surface area contributed by atoms with Gasteiger partial charge in [0.05, 0.1) is 16.8 Å².